The fourth-order valence-corrected chi connectivity index (χ4v) is 2.49. The minimum atomic E-state index is -3.31. The molecule has 1 aliphatic heterocycles. The zero-order chi connectivity index (χ0) is 11.3. The highest BCUT2D eigenvalue weighted by Crippen LogP contribution is 2.00. The number of hydrogen-bond acceptors (Lipinski definition) is 4. The van der Waals surface area contributed by atoms with Crippen LogP contribution in [0.5, 0.6) is 0 Å². The maximum absolute atomic E-state index is 11.2. The third kappa shape index (κ3) is 5.12. The van der Waals surface area contributed by atoms with Crippen LogP contribution in [0.4, 0.5) is 0 Å². The molecule has 1 aliphatic rings. The summed E-state index contributed by atoms with van der Waals surface area (Å²) in [5.41, 5.74) is 0. The summed E-state index contributed by atoms with van der Waals surface area (Å²) in [4.78, 5) is 2.17. The van der Waals surface area contributed by atoms with Gasteiger partial charge in [-0.3, -0.25) is 4.90 Å². The Hall–Kier alpha value is 0.120. The maximum Gasteiger partial charge on any atom is 0.225 e. The minimum absolute atomic E-state index is 0.119. The molecule has 0 saturated carbocycles. The van der Waals surface area contributed by atoms with Crippen LogP contribution in [0.2, 0.25) is 0 Å². The molecule has 7 heteroatoms. The number of ether oxygens (including phenoxy) is 1. The Labute approximate surface area is 95.8 Å². The Kier molecular flexibility index (Phi) is 5.28. The van der Waals surface area contributed by atoms with Crippen molar-refractivity contribution in [3.63, 3.8) is 0 Å². The van der Waals surface area contributed by atoms with Gasteiger partial charge in [0, 0.05) is 25.7 Å². The number of hydrogen-bond donors (Lipinski definition) is 1. The SMILES string of the molecule is CC(CN1CCOCC1)NS(=O)(=O)CCl. The van der Waals surface area contributed by atoms with Crippen LogP contribution < -0.4 is 4.72 Å². The van der Waals surface area contributed by atoms with E-state index in [1.807, 2.05) is 6.92 Å². The van der Waals surface area contributed by atoms with Crippen molar-refractivity contribution in [2.75, 3.05) is 38.1 Å². The van der Waals surface area contributed by atoms with Gasteiger partial charge in [0.05, 0.1) is 13.2 Å². The summed E-state index contributed by atoms with van der Waals surface area (Å²) in [5.74, 6) is 0. The highest BCUT2D eigenvalue weighted by Gasteiger charge is 2.17. The molecule has 1 atom stereocenters. The molecular formula is C8H17ClN2O3S. The van der Waals surface area contributed by atoms with Crippen molar-refractivity contribution in [1.29, 1.82) is 0 Å². The molecule has 0 spiro atoms. The summed E-state index contributed by atoms with van der Waals surface area (Å²) in [6.07, 6.45) is 0. The average molecular weight is 257 g/mol. The van der Waals surface area contributed by atoms with Gasteiger partial charge in [0.25, 0.3) is 0 Å². The molecule has 0 amide bonds. The van der Waals surface area contributed by atoms with E-state index < -0.39 is 10.0 Å². The summed E-state index contributed by atoms with van der Waals surface area (Å²) in [6, 6.07) is -0.119. The van der Waals surface area contributed by atoms with Gasteiger partial charge in [-0.2, -0.15) is 0 Å². The highest BCUT2D eigenvalue weighted by atomic mass is 35.5. The van der Waals surface area contributed by atoms with Gasteiger partial charge in [-0.15, -0.1) is 11.6 Å². The Balaban J connectivity index is 2.31. The molecule has 0 aliphatic carbocycles. The number of morpholine rings is 1. The summed E-state index contributed by atoms with van der Waals surface area (Å²) < 4.78 is 30.0. The zero-order valence-corrected chi connectivity index (χ0v) is 10.4. The smallest absolute Gasteiger partial charge is 0.225 e. The topological polar surface area (TPSA) is 58.6 Å². The number of alkyl halides is 1. The van der Waals surface area contributed by atoms with Gasteiger partial charge in [0.1, 0.15) is 5.21 Å². The Morgan fingerprint density at radius 2 is 2.07 bits per heavy atom. The van der Waals surface area contributed by atoms with E-state index >= 15 is 0 Å². The van der Waals surface area contributed by atoms with E-state index in [0.29, 0.717) is 6.54 Å². The van der Waals surface area contributed by atoms with E-state index in [1.165, 1.54) is 0 Å². The third-order valence-corrected chi connectivity index (χ3v) is 4.07. The van der Waals surface area contributed by atoms with Crippen molar-refractivity contribution >= 4 is 21.6 Å². The first-order valence-electron chi connectivity index (χ1n) is 4.89. The fraction of sp³-hybridized carbons (Fsp3) is 1.00. The van der Waals surface area contributed by atoms with Crippen molar-refractivity contribution < 1.29 is 13.2 Å². The molecule has 5 nitrogen and oxygen atoms in total. The van der Waals surface area contributed by atoms with Crippen molar-refractivity contribution in [3.8, 4) is 0 Å². The van der Waals surface area contributed by atoms with Crippen molar-refractivity contribution in [2.24, 2.45) is 0 Å². The quantitative estimate of drug-likeness (QED) is 0.694. The molecule has 90 valence electrons. The molecule has 15 heavy (non-hydrogen) atoms. The normalized spacial score (nSPS) is 21.5. The van der Waals surface area contributed by atoms with Gasteiger partial charge in [0.2, 0.25) is 10.0 Å². The van der Waals surface area contributed by atoms with Gasteiger partial charge in [0.15, 0.2) is 0 Å². The maximum atomic E-state index is 11.2. The summed E-state index contributed by atoms with van der Waals surface area (Å²) in [5, 5.41) is -0.388. The van der Waals surface area contributed by atoms with Gasteiger partial charge in [-0.25, -0.2) is 13.1 Å². The molecule has 0 radical (unpaired) electrons. The molecule has 1 heterocycles. The van der Waals surface area contributed by atoms with Crippen LogP contribution in [0.3, 0.4) is 0 Å². The van der Waals surface area contributed by atoms with E-state index in [2.05, 4.69) is 9.62 Å². The van der Waals surface area contributed by atoms with Crippen LogP contribution in [0, 0.1) is 0 Å². The lowest BCUT2D eigenvalue weighted by Gasteiger charge is -2.29. The molecule has 1 rings (SSSR count). The monoisotopic (exact) mass is 256 g/mol. The van der Waals surface area contributed by atoms with Crippen LogP contribution in [0.15, 0.2) is 0 Å². The fourth-order valence-electron chi connectivity index (χ4n) is 1.55. The van der Waals surface area contributed by atoms with Crippen LogP contribution in [-0.4, -0.2) is 57.4 Å². The van der Waals surface area contributed by atoms with E-state index in [1.54, 1.807) is 0 Å². The summed E-state index contributed by atoms with van der Waals surface area (Å²) in [7, 11) is -3.31. The van der Waals surface area contributed by atoms with Crippen LogP contribution in [0.25, 0.3) is 0 Å². The number of nitrogens with zero attached hydrogens (tertiary/aromatic N) is 1. The van der Waals surface area contributed by atoms with E-state index in [4.69, 9.17) is 16.3 Å². The second kappa shape index (κ2) is 6.00. The first kappa shape index (κ1) is 13.2. The Morgan fingerprint density at radius 3 is 2.60 bits per heavy atom. The van der Waals surface area contributed by atoms with E-state index in [0.717, 1.165) is 26.3 Å². The first-order chi connectivity index (χ1) is 7.03. The largest absolute Gasteiger partial charge is 0.379 e. The minimum Gasteiger partial charge on any atom is -0.379 e. The van der Waals surface area contributed by atoms with E-state index in [-0.39, 0.29) is 11.3 Å². The predicted molar refractivity (Wildman–Crippen MR) is 59.5 cm³/mol. The first-order valence-corrected chi connectivity index (χ1v) is 7.08. The van der Waals surface area contributed by atoms with Crippen molar-refractivity contribution in [3.05, 3.63) is 0 Å². The van der Waals surface area contributed by atoms with E-state index in [9.17, 15) is 8.42 Å². The van der Waals surface area contributed by atoms with Crippen LogP contribution in [-0.2, 0) is 14.8 Å². The molecule has 1 saturated heterocycles. The molecule has 1 unspecified atom stereocenters. The van der Waals surface area contributed by atoms with Crippen molar-refractivity contribution in [1.82, 2.24) is 9.62 Å². The van der Waals surface area contributed by atoms with Crippen LogP contribution in [0.1, 0.15) is 6.92 Å². The highest BCUT2D eigenvalue weighted by molar-refractivity contribution is 7.90. The molecule has 0 aromatic carbocycles. The third-order valence-electron chi connectivity index (χ3n) is 2.16. The lowest BCUT2D eigenvalue weighted by Crippen LogP contribution is -2.46. The van der Waals surface area contributed by atoms with Gasteiger partial charge >= 0.3 is 0 Å². The van der Waals surface area contributed by atoms with Crippen molar-refractivity contribution in [2.45, 2.75) is 13.0 Å². The molecule has 0 bridgehead atoms. The molecular weight excluding hydrogens is 240 g/mol. The Morgan fingerprint density at radius 1 is 1.47 bits per heavy atom. The number of rotatable bonds is 5. The lowest BCUT2D eigenvalue weighted by atomic mass is 10.3. The number of halogens is 1. The van der Waals surface area contributed by atoms with Gasteiger partial charge in [-0.05, 0) is 6.92 Å². The molecule has 1 fully saturated rings. The van der Waals surface area contributed by atoms with Gasteiger partial charge in [-0.1, -0.05) is 0 Å². The molecule has 1 N–H and O–H groups in total. The molecule has 0 aromatic heterocycles. The molecule has 0 aromatic rings. The second-order valence-corrected chi connectivity index (χ2v) is 5.99. The summed E-state index contributed by atoms with van der Waals surface area (Å²) >= 11 is 5.30. The zero-order valence-electron chi connectivity index (χ0n) is 8.78. The lowest BCUT2D eigenvalue weighted by molar-refractivity contribution is 0.0354. The Bertz CT molecular complexity index is 278. The number of nitrogens with one attached hydrogen (secondary N) is 1. The average Bonchev–Trinajstić information content (AvgIpc) is 2.18. The second-order valence-electron chi connectivity index (χ2n) is 3.66. The number of sulfonamides is 1. The summed E-state index contributed by atoms with van der Waals surface area (Å²) in [6.45, 7) is 5.67. The van der Waals surface area contributed by atoms with Gasteiger partial charge < -0.3 is 4.74 Å². The standard InChI is InChI=1S/C8H17ClN2O3S/c1-8(10-15(12,13)7-9)6-11-2-4-14-5-3-11/h8,10H,2-7H2,1H3. The predicted octanol–water partition coefficient (Wildman–Crippen LogP) is -0.177. The van der Waals surface area contributed by atoms with Crippen LogP contribution >= 0.6 is 11.6 Å².